The lowest BCUT2D eigenvalue weighted by Crippen LogP contribution is -2.45. The fourth-order valence-corrected chi connectivity index (χ4v) is 1.67. The average Bonchev–Trinajstić information content (AvgIpc) is 2.81. The number of alkyl halides is 3. The summed E-state index contributed by atoms with van der Waals surface area (Å²) in [6.07, 6.45) is -2.27. The van der Waals surface area contributed by atoms with Gasteiger partial charge in [-0.15, -0.1) is 0 Å². The zero-order valence-corrected chi connectivity index (χ0v) is 8.56. The second-order valence-corrected chi connectivity index (χ2v) is 3.93. The van der Waals surface area contributed by atoms with Crippen molar-refractivity contribution >= 4 is 0 Å². The van der Waals surface area contributed by atoms with Gasteiger partial charge in [-0.25, -0.2) is 0 Å². The van der Waals surface area contributed by atoms with Crippen LogP contribution in [0.4, 0.5) is 13.2 Å². The number of nitrogens with zero attached hydrogens (tertiary/aromatic N) is 1. The van der Waals surface area contributed by atoms with Crippen molar-refractivity contribution in [2.75, 3.05) is 20.1 Å². The second-order valence-electron chi connectivity index (χ2n) is 3.93. The second kappa shape index (κ2) is 4.49. The number of hydrogen-bond donors (Lipinski definition) is 1. The Morgan fingerprint density at radius 3 is 2.36 bits per heavy atom. The predicted octanol–water partition coefficient (Wildman–Crippen LogP) is 1.62. The molecule has 14 heavy (non-hydrogen) atoms. The Morgan fingerprint density at radius 1 is 1.43 bits per heavy atom. The van der Waals surface area contributed by atoms with Gasteiger partial charge in [0.1, 0.15) is 0 Å². The summed E-state index contributed by atoms with van der Waals surface area (Å²) < 4.78 is 36.7. The SMILES string of the molecule is CNCC(C)N(CC(F)(F)F)C1CC1. The van der Waals surface area contributed by atoms with Gasteiger partial charge in [-0.05, 0) is 26.8 Å². The van der Waals surface area contributed by atoms with Gasteiger partial charge in [-0.2, -0.15) is 13.2 Å². The highest BCUT2D eigenvalue weighted by Gasteiger charge is 2.39. The Hall–Kier alpha value is -0.290. The van der Waals surface area contributed by atoms with Crippen molar-refractivity contribution in [3.05, 3.63) is 0 Å². The number of likely N-dealkylation sites (N-methyl/N-ethyl adjacent to an activating group) is 1. The van der Waals surface area contributed by atoms with E-state index in [0.717, 1.165) is 12.8 Å². The molecule has 5 heteroatoms. The van der Waals surface area contributed by atoms with Crippen molar-refractivity contribution in [2.45, 2.75) is 38.0 Å². The molecule has 2 nitrogen and oxygen atoms in total. The number of halogens is 3. The van der Waals surface area contributed by atoms with Crippen LogP contribution in [0.15, 0.2) is 0 Å². The van der Waals surface area contributed by atoms with Crippen LogP contribution in [0.3, 0.4) is 0 Å². The van der Waals surface area contributed by atoms with Crippen LogP contribution in [0.1, 0.15) is 19.8 Å². The molecule has 1 saturated carbocycles. The highest BCUT2D eigenvalue weighted by molar-refractivity contribution is 4.89. The molecule has 1 aliphatic rings. The molecule has 1 rings (SSSR count). The minimum atomic E-state index is -4.08. The smallest absolute Gasteiger partial charge is 0.318 e. The van der Waals surface area contributed by atoms with Crippen molar-refractivity contribution in [1.29, 1.82) is 0 Å². The normalized spacial score (nSPS) is 20.1. The van der Waals surface area contributed by atoms with Gasteiger partial charge < -0.3 is 5.32 Å². The van der Waals surface area contributed by atoms with Crippen LogP contribution in [-0.2, 0) is 0 Å². The Labute approximate surface area is 82.5 Å². The van der Waals surface area contributed by atoms with Gasteiger partial charge in [-0.1, -0.05) is 0 Å². The topological polar surface area (TPSA) is 15.3 Å². The van der Waals surface area contributed by atoms with E-state index in [1.807, 2.05) is 6.92 Å². The van der Waals surface area contributed by atoms with Gasteiger partial charge in [0.25, 0.3) is 0 Å². The van der Waals surface area contributed by atoms with Crippen LogP contribution in [0.5, 0.6) is 0 Å². The summed E-state index contributed by atoms with van der Waals surface area (Å²) in [7, 11) is 1.76. The van der Waals surface area contributed by atoms with E-state index in [2.05, 4.69) is 5.32 Å². The van der Waals surface area contributed by atoms with Crippen molar-refractivity contribution in [3.63, 3.8) is 0 Å². The monoisotopic (exact) mass is 210 g/mol. The predicted molar refractivity (Wildman–Crippen MR) is 49.2 cm³/mol. The molecule has 0 aromatic carbocycles. The molecule has 0 bridgehead atoms. The zero-order valence-electron chi connectivity index (χ0n) is 8.56. The molecule has 0 radical (unpaired) electrons. The summed E-state index contributed by atoms with van der Waals surface area (Å²) in [5.74, 6) is 0. The molecule has 0 heterocycles. The summed E-state index contributed by atoms with van der Waals surface area (Å²) in [4.78, 5) is 1.55. The highest BCUT2D eigenvalue weighted by atomic mass is 19.4. The third-order valence-electron chi connectivity index (χ3n) is 2.44. The first-order valence-electron chi connectivity index (χ1n) is 4.91. The quantitative estimate of drug-likeness (QED) is 0.741. The van der Waals surface area contributed by atoms with Gasteiger partial charge in [0.15, 0.2) is 0 Å². The molecule has 1 aliphatic carbocycles. The van der Waals surface area contributed by atoms with Gasteiger partial charge in [-0.3, -0.25) is 4.90 Å². The van der Waals surface area contributed by atoms with E-state index in [-0.39, 0.29) is 12.1 Å². The van der Waals surface area contributed by atoms with Gasteiger partial charge in [0.2, 0.25) is 0 Å². The van der Waals surface area contributed by atoms with E-state index in [1.54, 1.807) is 11.9 Å². The van der Waals surface area contributed by atoms with Crippen molar-refractivity contribution in [1.82, 2.24) is 10.2 Å². The standard InChI is InChI=1S/C9H17F3N2/c1-7(5-13-2)14(8-3-4-8)6-9(10,11)12/h7-8,13H,3-6H2,1-2H3. The van der Waals surface area contributed by atoms with Crippen LogP contribution in [-0.4, -0.2) is 43.3 Å². The first kappa shape index (κ1) is 11.8. The van der Waals surface area contributed by atoms with Crippen molar-refractivity contribution < 1.29 is 13.2 Å². The maximum Gasteiger partial charge on any atom is 0.401 e. The maximum atomic E-state index is 12.2. The molecular weight excluding hydrogens is 193 g/mol. The van der Waals surface area contributed by atoms with Crippen molar-refractivity contribution in [2.24, 2.45) is 0 Å². The highest BCUT2D eigenvalue weighted by Crippen LogP contribution is 2.31. The van der Waals surface area contributed by atoms with E-state index < -0.39 is 12.7 Å². The minimum absolute atomic E-state index is 0.0471. The van der Waals surface area contributed by atoms with Gasteiger partial charge in [0.05, 0.1) is 6.54 Å². The van der Waals surface area contributed by atoms with Crippen LogP contribution in [0, 0.1) is 0 Å². The third kappa shape index (κ3) is 3.84. The van der Waals surface area contributed by atoms with E-state index in [4.69, 9.17) is 0 Å². The Morgan fingerprint density at radius 2 is 2.00 bits per heavy atom. The zero-order chi connectivity index (χ0) is 10.8. The van der Waals surface area contributed by atoms with E-state index in [0.29, 0.717) is 6.54 Å². The number of hydrogen-bond acceptors (Lipinski definition) is 2. The van der Waals surface area contributed by atoms with E-state index in [1.165, 1.54) is 0 Å². The first-order valence-corrected chi connectivity index (χ1v) is 4.91. The fourth-order valence-electron chi connectivity index (χ4n) is 1.67. The van der Waals surface area contributed by atoms with Crippen LogP contribution >= 0.6 is 0 Å². The molecule has 1 fully saturated rings. The molecule has 0 amide bonds. The molecule has 0 saturated heterocycles. The Kier molecular flexibility index (Phi) is 3.78. The Bertz CT molecular complexity index is 177. The van der Waals surface area contributed by atoms with Gasteiger partial charge in [0, 0.05) is 18.6 Å². The summed E-state index contributed by atoms with van der Waals surface area (Å²) in [6.45, 7) is 1.66. The molecule has 84 valence electrons. The van der Waals surface area contributed by atoms with E-state index in [9.17, 15) is 13.2 Å². The van der Waals surface area contributed by atoms with Gasteiger partial charge >= 0.3 is 6.18 Å². The first-order chi connectivity index (χ1) is 6.44. The molecular formula is C9H17F3N2. The lowest BCUT2D eigenvalue weighted by molar-refractivity contribution is -0.151. The summed E-state index contributed by atoms with van der Waals surface area (Å²) >= 11 is 0. The number of rotatable bonds is 5. The molecule has 0 aromatic heterocycles. The summed E-state index contributed by atoms with van der Waals surface area (Å²) in [6, 6.07) is 0.106. The van der Waals surface area contributed by atoms with E-state index >= 15 is 0 Å². The maximum absolute atomic E-state index is 12.2. The third-order valence-corrected chi connectivity index (χ3v) is 2.44. The molecule has 1 unspecified atom stereocenters. The lowest BCUT2D eigenvalue weighted by atomic mass is 10.2. The molecule has 0 aliphatic heterocycles. The fraction of sp³-hybridized carbons (Fsp3) is 1.00. The van der Waals surface area contributed by atoms with Crippen LogP contribution in [0.2, 0.25) is 0 Å². The molecule has 1 N–H and O–H groups in total. The number of nitrogens with one attached hydrogen (secondary N) is 1. The lowest BCUT2D eigenvalue weighted by Gasteiger charge is -2.29. The molecule has 0 spiro atoms. The molecule has 0 aromatic rings. The summed E-state index contributed by atoms with van der Waals surface area (Å²) in [5, 5.41) is 2.91. The average molecular weight is 210 g/mol. The Balaban J connectivity index is 2.46. The summed E-state index contributed by atoms with van der Waals surface area (Å²) in [5.41, 5.74) is 0. The van der Waals surface area contributed by atoms with Crippen LogP contribution < -0.4 is 5.32 Å². The minimum Gasteiger partial charge on any atom is -0.318 e. The largest absolute Gasteiger partial charge is 0.401 e. The molecule has 1 atom stereocenters. The van der Waals surface area contributed by atoms with Crippen LogP contribution in [0.25, 0.3) is 0 Å². The van der Waals surface area contributed by atoms with Crippen molar-refractivity contribution in [3.8, 4) is 0 Å².